The fourth-order valence-corrected chi connectivity index (χ4v) is 2.41. The molecule has 26 heavy (non-hydrogen) atoms. The lowest BCUT2D eigenvalue weighted by atomic mass is 10.1. The van der Waals surface area contributed by atoms with Gasteiger partial charge in [-0.1, -0.05) is 42.5 Å². The Balaban J connectivity index is 1.63. The van der Waals surface area contributed by atoms with Crippen molar-refractivity contribution in [3.8, 4) is 22.6 Å². The highest BCUT2D eigenvalue weighted by Gasteiger charge is 2.11. The summed E-state index contributed by atoms with van der Waals surface area (Å²) >= 11 is 0. The van der Waals surface area contributed by atoms with Crippen molar-refractivity contribution in [3.63, 3.8) is 0 Å². The van der Waals surface area contributed by atoms with E-state index in [2.05, 4.69) is 17.4 Å². The van der Waals surface area contributed by atoms with Gasteiger partial charge in [-0.3, -0.25) is 4.79 Å². The van der Waals surface area contributed by atoms with Gasteiger partial charge in [0.2, 0.25) is 5.91 Å². The van der Waals surface area contributed by atoms with Crippen LogP contribution < -0.4 is 15.8 Å². The highest BCUT2D eigenvalue weighted by atomic mass is 16.5. The van der Waals surface area contributed by atoms with Crippen LogP contribution in [0.1, 0.15) is 0 Å². The number of aliphatic hydroxyl groups excluding tert-OH is 1. The number of hydrogen-bond donors (Lipinski definition) is 3. The van der Waals surface area contributed by atoms with Gasteiger partial charge >= 0.3 is 0 Å². The van der Waals surface area contributed by atoms with E-state index in [1.807, 2.05) is 42.5 Å². The van der Waals surface area contributed by atoms with Crippen LogP contribution >= 0.6 is 0 Å². The number of aliphatic hydroxyl groups is 1. The Hall–Kier alpha value is -3.15. The Morgan fingerprint density at radius 3 is 2.00 bits per heavy atom. The third kappa shape index (κ3) is 4.47. The molecular weight excluding hydrogens is 328 g/mol. The lowest BCUT2D eigenvalue weighted by molar-refractivity contribution is -0.118. The fourth-order valence-electron chi connectivity index (χ4n) is 2.41. The van der Waals surface area contributed by atoms with Crippen molar-refractivity contribution in [3.05, 3.63) is 78.9 Å². The molecule has 0 aliphatic carbocycles. The highest BCUT2D eigenvalue weighted by molar-refractivity contribution is 5.94. The summed E-state index contributed by atoms with van der Waals surface area (Å²) < 4.78 is 5.82. The van der Waals surface area contributed by atoms with Crippen LogP contribution in [-0.2, 0) is 4.79 Å². The van der Waals surface area contributed by atoms with Gasteiger partial charge in [-0.05, 0) is 47.5 Å². The number of hydrogen-bond acceptors (Lipinski definition) is 4. The van der Waals surface area contributed by atoms with E-state index in [0.717, 1.165) is 16.9 Å². The molecule has 0 saturated carbocycles. The molecule has 3 aromatic rings. The number of nitrogens with one attached hydrogen (secondary N) is 1. The first-order chi connectivity index (χ1) is 12.7. The summed E-state index contributed by atoms with van der Waals surface area (Å²) in [5.74, 6) is 0.948. The third-order valence-electron chi connectivity index (χ3n) is 3.85. The van der Waals surface area contributed by atoms with Gasteiger partial charge in [-0.25, -0.2) is 0 Å². The van der Waals surface area contributed by atoms with Gasteiger partial charge in [0.25, 0.3) is 0 Å². The zero-order chi connectivity index (χ0) is 18.4. The van der Waals surface area contributed by atoms with E-state index in [1.165, 1.54) is 0 Å². The number of ether oxygens (including phenoxy) is 1. The zero-order valence-electron chi connectivity index (χ0n) is 14.1. The molecule has 0 aliphatic rings. The van der Waals surface area contributed by atoms with E-state index in [4.69, 9.17) is 15.6 Å². The van der Waals surface area contributed by atoms with Gasteiger partial charge in [0.15, 0.2) is 0 Å². The van der Waals surface area contributed by atoms with Crippen LogP contribution in [0.2, 0.25) is 0 Å². The van der Waals surface area contributed by atoms with Gasteiger partial charge < -0.3 is 20.9 Å². The van der Waals surface area contributed by atoms with E-state index in [9.17, 15) is 4.79 Å². The molecule has 132 valence electrons. The second-order valence-corrected chi connectivity index (χ2v) is 5.80. The summed E-state index contributed by atoms with van der Waals surface area (Å²) in [6.07, 6.45) is 0. The van der Waals surface area contributed by atoms with Crippen molar-refractivity contribution in [2.75, 3.05) is 11.9 Å². The standard InChI is InChI=1S/C21H20N2O3/c22-20(14-24)21(25)23-17-8-12-19(13-9-17)26-18-10-6-16(7-11-18)15-4-2-1-3-5-15/h1-13,20,24H,14,22H2,(H,23,25)/t20-/m0/s1. The van der Waals surface area contributed by atoms with Crippen LogP contribution in [0, 0.1) is 0 Å². The lowest BCUT2D eigenvalue weighted by Crippen LogP contribution is -2.38. The maximum Gasteiger partial charge on any atom is 0.243 e. The van der Waals surface area contributed by atoms with Crippen molar-refractivity contribution in [2.45, 2.75) is 6.04 Å². The van der Waals surface area contributed by atoms with Gasteiger partial charge in [-0.2, -0.15) is 0 Å². The van der Waals surface area contributed by atoms with Gasteiger partial charge in [0, 0.05) is 5.69 Å². The molecule has 0 bridgehead atoms. The fraction of sp³-hybridized carbons (Fsp3) is 0.0952. The number of anilines is 1. The summed E-state index contributed by atoms with van der Waals surface area (Å²) in [6, 6.07) is 24.0. The van der Waals surface area contributed by atoms with Crippen LogP contribution in [0.4, 0.5) is 5.69 Å². The Morgan fingerprint density at radius 1 is 0.885 bits per heavy atom. The monoisotopic (exact) mass is 348 g/mol. The van der Waals surface area contributed by atoms with Crippen molar-refractivity contribution >= 4 is 11.6 Å². The van der Waals surface area contributed by atoms with E-state index < -0.39 is 18.6 Å². The van der Waals surface area contributed by atoms with Crippen LogP contribution in [0.3, 0.4) is 0 Å². The molecule has 5 nitrogen and oxygen atoms in total. The van der Waals surface area contributed by atoms with Crippen LogP contribution in [0.15, 0.2) is 78.9 Å². The Bertz CT molecular complexity index is 847. The molecule has 0 aliphatic heterocycles. The molecule has 1 amide bonds. The highest BCUT2D eigenvalue weighted by Crippen LogP contribution is 2.26. The average molecular weight is 348 g/mol. The Kier molecular flexibility index (Phi) is 5.63. The Morgan fingerprint density at radius 2 is 1.42 bits per heavy atom. The summed E-state index contributed by atoms with van der Waals surface area (Å²) in [5.41, 5.74) is 8.33. The molecule has 0 saturated heterocycles. The number of carbonyl (C=O) groups is 1. The normalized spacial score (nSPS) is 11.6. The largest absolute Gasteiger partial charge is 0.457 e. The molecule has 0 unspecified atom stereocenters. The van der Waals surface area contributed by atoms with Crippen molar-refractivity contribution in [1.29, 1.82) is 0 Å². The maximum atomic E-state index is 11.6. The second-order valence-electron chi connectivity index (χ2n) is 5.80. The molecule has 3 rings (SSSR count). The first-order valence-electron chi connectivity index (χ1n) is 8.26. The zero-order valence-corrected chi connectivity index (χ0v) is 14.1. The molecular formula is C21H20N2O3. The van der Waals surface area contributed by atoms with Crippen molar-refractivity contribution in [1.82, 2.24) is 0 Å². The summed E-state index contributed by atoms with van der Waals surface area (Å²) in [5, 5.41) is 11.5. The van der Waals surface area contributed by atoms with E-state index in [-0.39, 0.29) is 0 Å². The van der Waals surface area contributed by atoms with E-state index >= 15 is 0 Å². The van der Waals surface area contributed by atoms with E-state index in [0.29, 0.717) is 11.4 Å². The number of carbonyl (C=O) groups excluding carboxylic acids is 1. The molecule has 0 spiro atoms. The van der Waals surface area contributed by atoms with Gasteiger partial charge in [-0.15, -0.1) is 0 Å². The smallest absolute Gasteiger partial charge is 0.243 e. The summed E-state index contributed by atoms with van der Waals surface area (Å²) in [6.45, 7) is -0.397. The molecule has 0 fully saturated rings. The average Bonchev–Trinajstić information content (AvgIpc) is 2.70. The molecule has 3 aromatic carbocycles. The quantitative estimate of drug-likeness (QED) is 0.637. The van der Waals surface area contributed by atoms with Gasteiger partial charge in [0.1, 0.15) is 17.5 Å². The molecule has 4 N–H and O–H groups in total. The Labute approximate surface area is 152 Å². The van der Waals surface area contributed by atoms with Crippen molar-refractivity contribution in [2.24, 2.45) is 5.73 Å². The third-order valence-corrected chi connectivity index (χ3v) is 3.85. The van der Waals surface area contributed by atoms with Gasteiger partial charge in [0.05, 0.1) is 6.61 Å². The molecule has 0 heterocycles. The molecule has 1 atom stereocenters. The first-order valence-corrected chi connectivity index (χ1v) is 8.26. The number of amides is 1. The SMILES string of the molecule is N[C@@H](CO)C(=O)Nc1ccc(Oc2ccc(-c3ccccc3)cc2)cc1. The second kappa shape index (κ2) is 8.29. The van der Waals surface area contributed by atoms with Crippen molar-refractivity contribution < 1.29 is 14.6 Å². The predicted molar refractivity (Wildman–Crippen MR) is 102 cm³/mol. The summed E-state index contributed by atoms with van der Waals surface area (Å²) in [7, 11) is 0. The minimum absolute atomic E-state index is 0.397. The number of rotatable bonds is 6. The first kappa shape index (κ1) is 17.7. The van der Waals surface area contributed by atoms with E-state index in [1.54, 1.807) is 24.3 Å². The number of benzene rings is 3. The molecule has 0 radical (unpaired) electrons. The molecule has 5 heteroatoms. The maximum absolute atomic E-state index is 11.6. The predicted octanol–water partition coefficient (Wildman–Crippen LogP) is 3.40. The van der Waals surface area contributed by atoms with Crippen LogP contribution in [0.25, 0.3) is 11.1 Å². The minimum atomic E-state index is -0.936. The van der Waals surface area contributed by atoms with Crippen LogP contribution in [0.5, 0.6) is 11.5 Å². The number of nitrogens with two attached hydrogens (primary N) is 1. The minimum Gasteiger partial charge on any atom is -0.457 e. The topological polar surface area (TPSA) is 84.6 Å². The summed E-state index contributed by atoms with van der Waals surface area (Å²) in [4.78, 5) is 11.6. The lowest BCUT2D eigenvalue weighted by Gasteiger charge is -2.11. The van der Waals surface area contributed by atoms with Crippen LogP contribution in [-0.4, -0.2) is 23.7 Å². The molecule has 0 aromatic heterocycles.